The van der Waals surface area contributed by atoms with Gasteiger partial charge in [0, 0.05) is 38.0 Å². The minimum absolute atomic E-state index is 0.259. The van der Waals surface area contributed by atoms with Crippen LogP contribution in [0, 0.1) is 0 Å². The lowest BCUT2D eigenvalue weighted by Gasteiger charge is -2.17. The fraction of sp³-hybridized carbons (Fsp3) is 0.450. The fourth-order valence-electron chi connectivity index (χ4n) is 2.94. The van der Waals surface area contributed by atoms with Gasteiger partial charge in [0.15, 0.2) is 0 Å². The largest absolute Gasteiger partial charge is 0.491 e. The molecule has 1 aliphatic heterocycles. The molecule has 0 amide bonds. The molecule has 0 spiro atoms. The molecule has 0 aliphatic carbocycles. The van der Waals surface area contributed by atoms with Crippen LogP contribution in [0.5, 0.6) is 5.75 Å². The Bertz CT molecular complexity index is 612. The molecule has 24 heavy (non-hydrogen) atoms. The normalized spacial score (nSPS) is 17.3. The van der Waals surface area contributed by atoms with Crippen molar-refractivity contribution in [3.05, 3.63) is 59.9 Å². The summed E-state index contributed by atoms with van der Waals surface area (Å²) in [5, 5.41) is 0. The van der Waals surface area contributed by atoms with E-state index in [4.69, 9.17) is 9.47 Å². The molecule has 3 rings (SSSR count). The zero-order valence-electron chi connectivity index (χ0n) is 14.4. The number of benzene rings is 1. The van der Waals surface area contributed by atoms with Crippen LogP contribution in [0.15, 0.2) is 48.7 Å². The molecule has 4 nitrogen and oxygen atoms in total. The van der Waals surface area contributed by atoms with Crippen LogP contribution in [0.4, 0.5) is 0 Å². The third-order valence-electron chi connectivity index (χ3n) is 4.29. The summed E-state index contributed by atoms with van der Waals surface area (Å²) in [6.07, 6.45) is 5.33. The molecule has 1 aliphatic rings. The molecule has 1 unspecified atom stereocenters. The average Bonchev–Trinajstić information content (AvgIpc) is 3.13. The molecule has 1 aromatic carbocycles. The Balaban J connectivity index is 1.46. The number of likely N-dealkylation sites (N-methyl/N-ethyl adjacent to an activating group) is 1. The van der Waals surface area contributed by atoms with Crippen LogP contribution in [0.2, 0.25) is 0 Å². The van der Waals surface area contributed by atoms with Crippen molar-refractivity contribution in [3.8, 4) is 5.75 Å². The number of pyridine rings is 1. The summed E-state index contributed by atoms with van der Waals surface area (Å²) in [5.74, 6) is 0.932. The SMILES string of the molecule is CN(CCc1ccccn1)Cc1cccc(OCC2CCCO2)c1. The molecule has 0 saturated carbocycles. The van der Waals surface area contributed by atoms with Gasteiger partial charge in [-0.1, -0.05) is 18.2 Å². The number of nitrogens with zero attached hydrogens (tertiary/aromatic N) is 2. The van der Waals surface area contributed by atoms with Crippen molar-refractivity contribution in [2.45, 2.75) is 31.9 Å². The summed E-state index contributed by atoms with van der Waals surface area (Å²) >= 11 is 0. The van der Waals surface area contributed by atoms with Crippen molar-refractivity contribution in [1.29, 1.82) is 0 Å². The molecule has 0 N–H and O–H groups in total. The van der Waals surface area contributed by atoms with Crippen molar-refractivity contribution in [2.75, 3.05) is 26.8 Å². The summed E-state index contributed by atoms with van der Waals surface area (Å²) in [6, 6.07) is 14.4. The van der Waals surface area contributed by atoms with Crippen LogP contribution in [-0.2, 0) is 17.7 Å². The lowest BCUT2D eigenvalue weighted by molar-refractivity contribution is 0.0679. The van der Waals surface area contributed by atoms with Crippen LogP contribution in [0.25, 0.3) is 0 Å². The molecule has 4 heteroatoms. The van der Waals surface area contributed by atoms with Gasteiger partial charge in [0.2, 0.25) is 0 Å². The Kier molecular flexibility index (Phi) is 6.21. The topological polar surface area (TPSA) is 34.6 Å². The first-order valence-electron chi connectivity index (χ1n) is 8.71. The smallest absolute Gasteiger partial charge is 0.119 e. The second-order valence-corrected chi connectivity index (χ2v) is 6.40. The Morgan fingerprint density at radius 2 is 2.21 bits per heavy atom. The van der Waals surface area contributed by atoms with E-state index in [1.165, 1.54) is 5.56 Å². The van der Waals surface area contributed by atoms with Crippen molar-refractivity contribution in [3.63, 3.8) is 0 Å². The van der Waals surface area contributed by atoms with Gasteiger partial charge in [-0.05, 0) is 49.7 Å². The van der Waals surface area contributed by atoms with Gasteiger partial charge >= 0.3 is 0 Å². The van der Waals surface area contributed by atoms with Gasteiger partial charge < -0.3 is 14.4 Å². The summed E-state index contributed by atoms with van der Waals surface area (Å²) in [7, 11) is 2.14. The standard InChI is InChI=1S/C20H26N2O2/c1-22(12-10-18-7-2-3-11-21-18)15-17-6-4-8-19(14-17)24-16-20-9-5-13-23-20/h2-4,6-8,11,14,20H,5,9-10,12-13,15-16H2,1H3. The van der Waals surface area contributed by atoms with Gasteiger partial charge in [-0.15, -0.1) is 0 Å². The molecule has 128 valence electrons. The highest BCUT2D eigenvalue weighted by atomic mass is 16.5. The number of rotatable bonds is 8. The number of aromatic nitrogens is 1. The van der Waals surface area contributed by atoms with Crippen LogP contribution in [0.1, 0.15) is 24.1 Å². The van der Waals surface area contributed by atoms with Gasteiger partial charge in [0.1, 0.15) is 12.4 Å². The monoisotopic (exact) mass is 326 g/mol. The summed E-state index contributed by atoms with van der Waals surface area (Å²) in [5.41, 5.74) is 2.40. The highest BCUT2D eigenvalue weighted by Crippen LogP contribution is 2.18. The van der Waals surface area contributed by atoms with E-state index in [1.54, 1.807) is 0 Å². The maximum absolute atomic E-state index is 5.89. The Labute approximate surface area is 144 Å². The van der Waals surface area contributed by atoms with E-state index in [-0.39, 0.29) is 6.10 Å². The third-order valence-corrected chi connectivity index (χ3v) is 4.29. The van der Waals surface area contributed by atoms with Crippen LogP contribution >= 0.6 is 0 Å². The van der Waals surface area contributed by atoms with E-state index in [9.17, 15) is 0 Å². The van der Waals surface area contributed by atoms with Crippen molar-refractivity contribution >= 4 is 0 Å². The third kappa shape index (κ3) is 5.32. The van der Waals surface area contributed by atoms with Gasteiger partial charge in [-0.3, -0.25) is 4.98 Å². The molecule has 1 atom stereocenters. The highest BCUT2D eigenvalue weighted by Gasteiger charge is 2.16. The first kappa shape index (κ1) is 16.9. The maximum atomic E-state index is 5.89. The molecular formula is C20H26N2O2. The second-order valence-electron chi connectivity index (χ2n) is 6.40. The molecule has 2 aromatic rings. The van der Waals surface area contributed by atoms with Crippen LogP contribution < -0.4 is 4.74 Å². The first-order chi connectivity index (χ1) is 11.8. The minimum atomic E-state index is 0.259. The number of ether oxygens (including phenoxy) is 2. The number of hydrogen-bond donors (Lipinski definition) is 0. The van der Waals surface area contributed by atoms with Crippen LogP contribution in [0.3, 0.4) is 0 Å². The van der Waals surface area contributed by atoms with Gasteiger partial charge in [-0.2, -0.15) is 0 Å². The summed E-state index contributed by atoms with van der Waals surface area (Å²) < 4.78 is 11.5. The van der Waals surface area contributed by atoms with E-state index in [2.05, 4.69) is 41.2 Å². The van der Waals surface area contributed by atoms with E-state index in [1.807, 2.05) is 24.4 Å². The van der Waals surface area contributed by atoms with E-state index in [0.29, 0.717) is 6.61 Å². The van der Waals surface area contributed by atoms with E-state index in [0.717, 1.165) is 50.4 Å². The van der Waals surface area contributed by atoms with Crippen molar-refractivity contribution in [1.82, 2.24) is 9.88 Å². The predicted molar refractivity (Wildman–Crippen MR) is 95.2 cm³/mol. The molecule has 2 heterocycles. The lowest BCUT2D eigenvalue weighted by Crippen LogP contribution is -2.21. The van der Waals surface area contributed by atoms with Gasteiger partial charge in [0.25, 0.3) is 0 Å². The minimum Gasteiger partial charge on any atom is -0.491 e. The van der Waals surface area contributed by atoms with Crippen molar-refractivity contribution < 1.29 is 9.47 Å². The zero-order valence-corrected chi connectivity index (χ0v) is 14.4. The first-order valence-corrected chi connectivity index (χ1v) is 8.71. The number of hydrogen-bond acceptors (Lipinski definition) is 4. The van der Waals surface area contributed by atoms with Crippen molar-refractivity contribution in [2.24, 2.45) is 0 Å². The molecule has 0 radical (unpaired) electrons. The van der Waals surface area contributed by atoms with E-state index >= 15 is 0 Å². The summed E-state index contributed by atoms with van der Waals surface area (Å²) in [4.78, 5) is 6.69. The Morgan fingerprint density at radius 3 is 3.00 bits per heavy atom. The highest BCUT2D eigenvalue weighted by molar-refractivity contribution is 5.28. The van der Waals surface area contributed by atoms with Gasteiger partial charge in [-0.25, -0.2) is 0 Å². The summed E-state index contributed by atoms with van der Waals surface area (Å²) in [6.45, 7) is 3.41. The average molecular weight is 326 g/mol. The Morgan fingerprint density at radius 1 is 1.25 bits per heavy atom. The quantitative estimate of drug-likeness (QED) is 0.745. The van der Waals surface area contributed by atoms with Crippen LogP contribution in [-0.4, -0.2) is 42.8 Å². The predicted octanol–water partition coefficient (Wildman–Crippen LogP) is 3.31. The Hall–Kier alpha value is -1.91. The fourth-order valence-corrected chi connectivity index (χ4v) is 2.94. The zero-order chi connectivity index (χ0) is 16.6. The maximum Gasteiger partial charge on any atom is 0.119 e. The molecule has 1 saturated heterocycles. The lowest BCUT2D eigenvalue weighted by atomic mass is 10.2. The molecule has 1 aromatic heterocycles. The molecule has 1 fully saturated rings. The second kappa shape index (κ2) is 8.81. The molecule has 0 bridgehead atoms. The van der Waals surface area contributed by atoms with E-state index < -0.39 is 0 Å². The van der Waals surface area contributed by atoms with Gasteiger partial charge in [0.05, 0.1) is 6.10 Å². The molecular weight excluding hydrogens is 300 g/mol.